The van der Waals surface area contributed by atoms with Crippen LogP contribution >= 0.6 is 0 Å². The largest absolute Gasteiger partial charge is 0.326 e. The molecule has 1 N–H and O–H groups in total. The molecule has 0 radical (unpaired) electrons. The number of carbonyl (C=O) groups is 2. The first-order valence-corrected chi connectivity index (χ1v) is 8.59. The normalized spacial score (nSPS) is 14.4. The van der Waals surface area contributed by atoms with Gasteiger partial charge in [-0.1, -0.05) is 27.2 Å². The molecule has 0 aliphatic carbocycles. The predicted octanol–water partition coefficient (Wildman–Crippen LogP) is 4.85. The Balaban J connectivity index is 3.41. The highest BCUT2D eigenvalue weighted by Crippen LogP contribution is 2.33. The lowest BCUT2D eigenvalue weighted by molar-refractivity contribution is -0.114. The Morgan fingerprint density at radius 3 is 2.40 bits per heavy atom. The highest BCUT2D eigenvalue weighted by atomic mass is 16.1. The van der Waals surface area contributed by atoms with Crippen LogP contribution in [0, 0.1) is 5.41 Å². The van der Waals surface area contributed by atoms with Crippen LogP contribution in [0.15, 0.2) is 33.6 Å². The Bertz CT molecular complexity index is 695. The molecule has 1 aromatic rings. The molecule has 0 spiro atoms. The van der Waals surface area contributed by atoms with E-state index in [0.717, 1.165) is 19.3 Å². The van der Waals surface area contributed by atoms with E-state index in [4.69, 9.17) is 0 Å². The lowest BCUT2D eigenvalue weighted by Gasteiger charge is -2.26. The zero-order chi connectivity index (χ0) is 19.0. The van der Waals surface area contributed by atoms with Crippen molar-refractivity contribution >= 4 is 23.1 Å². The highest BCUT2D eigenvalue weighted by Gasteiger charge is 2.31. The third-order valence-electron chi connectivity index (χ3n) is 4.40. The molecule has 6 nitrogen and oxygen atoms in total. The fourth-order valence-corrected chi connectivity index (χ4v) is 2.80. The number of rotatable bonds is 8. The maximum absolute atomic E-state index is 13.0. The topological polar surface area (TPSA) is 83.2 Å². The van der Waals surface area contributed by atoms with Crippen LogP contribution < -0.4 is 5.32 Å². The van der Waals surface area contributed by atoms with Gasteiger partial charge in [0.15, 0.2) is 5.78 Å². The molecule has 6 heteroatoms. The van der Waals surface area contributed by atoms with Gasteiger partial charge in [0.05, 0.1) is 12.8 Å². The van der Waals surface area contributed by atoms with Crippen molar-refractivity contribution < 1.29 is 9.59 Å². The first-order chi connectivity index (χ1) is 11.8. The molecule has 1 aromatic carbocycles. The Hall–Kier alpha value is -2.37. The van der Waals surface area contributed by atoms with E-state index in [1.165, 1.54) is 14.0 Å². The monoisotopic (exact) mass is 344 g/mol. The molecular weight excluding hydrogens is 316 g/mol. The number of carbonyl (C=O) groups excluding carboxylic acids is 2. The van der Waals surface area contributed by atoms with Crippen molar-refractivity contribution in [1.29, 1.82) is 0 Å². The summed E-state index contributed by atoms with van der Waals surface area (Å²) in [6.45, 7) is 9.34. The van der Waals surface area contributed by atoms with Gasteiger partial charge in [-0.15, -0.1) is 5.10 Å². The van der Waals surface area contributed by atoms with Gasteiger partial charge in [0.2, 0.25) is 5.91 Å². The molecule has 1 atom stereocenters. The molecule has 0 heterocycles. The number of nitrogens with zero attached hydrogens (tertiary/aromatic N) is 3. The minimum Gasteiger partial charge on any atom is -0.326 e. The summed E-state index contributed by atoms with van der Waals surface area (Å²) in [6, 6.07) is 5.28. The van der Waals surface area contributed by atoms with Gasteiger partial charge in [0, 0.05) is 29.2 Å². The maximum atomic E-state index is 13.0. The van der Waals surface area contributed by atoms with Crippen molar-refractivity contribution in [2.45, 2.75) is 53.9 Å². The summed E-state index contributed by atoms with van der Waals surface area (Å²) in [5, 5.41) is 14.0. The minimum absolute atomic E-state index is 0.109. The first kappa shape index (κ1) is 20.7. The lowest BCUT2D eigenvalue weighted by atomic mass is 9.76. The van der Waals surface area contributed by atoms with Crippen LogP contribution in [0.4, 0.5) is 5.69 Å². The van der Waals surface area contributed by atoms with Crippen molar-refractivity contribution in [2.24, 2.45) is 20.9 Å². The van der Waals surface area contributed by atoms with Crippen LogP contribution in [0.5, 0.6) is 0 Å². The number of ketones is 1. The van der Waals surface area contributed by atoms with E-state index in [-0.39, 0.29) is 11.7 Å². The summed E-state index contributed by atoms with van der Waals surface area (Å²) in [4.78, 5) is 24.5. The van der Waals surface area contributed by atoms with E-state index in [9.17, 15) is 9.59 Å². The SMILES string of the molecule is CCCC(C)(CC)C(=O)c1ccc(NC(C)=O)c(/C(C)=N/N=N\C)c1. The zero-order valence-electron chi connectivity index (χ0n) is 16.0. The van der Waals surface area contributed by atoms with Gasteiger partial charge in [0.1, 0.15) is 0 Å². The van der Waals surface area contributed by atoms with Gasteiger partial charge in [0.25, 0.3) is 0 Å². The summed E-state index contributed by atoms with van der Waals surface area (Å²) in [5.41, 5.74) is 2.08. The minimum atomic E-state index is -0.393. The second kappa shape index (κ2) is 9.20. The van der Waals surface area contributed by atoms with E-state index in [1.54, 1.807) is 25.1 Å². The lowest BCUT2D eigenvalue weighted by Crippen LogP contribution is -2.27. The Kier molecular flexibility index (Phi) is 7.61. The molecule has 0 aliphatic rings. The molecule has 0 bridgehead atoms. The zero-order valence-corrected chi connectivity index (χ0v) is 16.0. The van der Waals surface area contributed by atoms with Crippen LogP contribution in [0.1, 0.15) is 69.8 Å². The maximum Gasteiger partial charge on any atom is 0.221 e. The number of amides is 1. The Morgan fingerprint density at radius 2 is 1.88 bits per heavy atom. The fraction of sp³-hybridized carbons (Fsp3) is 0.526. The van der Waals surface area contributed by atoms with Gasteiger partial charge in [-0.3, -0.25) is 9.59 Å². The molecule has 0 fully saturated rings. The van der Waals surface area contributed by atoms with E-state index < -0.39 is 5.41 Å². The summed E-state index contributed by atoms with van der Waals surface area (Å²) in [7, 11) is 1.53. The summed E-state index contributed by atoms with van der Waals surface area (Å²) in [6.07, 6.45) is 2.56. The number of benzene rings is 1. The Morgan fingerprint density at radius 1 is 1.20 bits per heavy atom. The summed E-state index contributed by atoms with van der Waals surface area (Å²) in [5.74, 6) is -0.0768. The van der Waals surface area contributed by atoms with Crippen LogP contribution in [-0.4, -0.2) is 24.4 Å². The third-order valence-corrected chi connectivity index (χ3v) is 4.40. The third kappa shape index (κ3) is 5.31. The number of anilines is 1. The number of hydrogen-bond acceptors (Lipinski definition) is 4. The molecule has 25 heavy (non-hydrogen) atoms. The van der Waals surface area contributed by atoms with Crippen LogP contribution in [0.2, 0.25) is 0 Å². The van der Waals surface area contributed by atoms with E-state index in [2.05, 4.69) is 27.7 Å². The van der Waals surface area contributed by atoms with Crippen LogP contribution in [0.3, 0.4) is 0 Å². The summed E-state index contributed by atoms with van der Waals surface area (Å²) < 4.78 is 0. The average molecular weight is 344 g/mol. The number of Topliss-reactive ketones (excluding diaryl/α,β-unsaturated/α-hetero) is 1. The van der Waals surface area contributed by atoms with Gasteiger partial charge >= 0.3 is 0 Å². The molecule has 1 rings (SSSR count). The van der Waals surface area contributed by atoms with Crippen molar-refractivity contribution in [2.75, 3.05) is 12.4 Å². The molecule has 1 amide bonds. The van der Waals surface area contributed by atoms with Gasteiger partial charge < -0.3 is 5.32 Å². The van der Waals surface area contributed by atoms with Crippen molar-refractivity contribution in [3.05, 3.63) is 29.3 Å². The van der Waals surface area contributed by atoms with Gasteiger partial charge in [-0.2, -0.15) is 5.11 Å². The van der Waals surface area contributed by atoms with Crippen molar-refractivity contribution in [1.82, 2.24) is 0 Å². The van der Waals surface area contributed by atoms with E-state index in [1.807, 2.05) is 13.8 Å². The number of nitrogens with one attached hydrogen (secondary N) is 1. The molecule has 0 saturated carbocycles. The Labute approximate surface area is 149 Å². The molecule has 136 valence electrons. The molecule has 0 saturated heterocycles. The van der Waals surface area contributed by atoms with E-state index in [0.29, 0.717) is 22.5 Å². The predicted molar refractivity (Wildman–Crippen MR) is 101 cm³/mol. The summed E-state index contributed by atoms with van der Waals surface area (Å²) >= 11 is 0. The molecule has 0 aromatic heterocycles. The molecule has 0 aliphatic heterocycles. The average Bonchev–Trinajstić information content (AvgIpc) is 2.58. The van der Waals surface area contributed by atoms with Crippen molar-refractivity contribution in [3.63, 3.8) is 0 Å². The highest BCUT2D eigenvalue weighted by molar-refractivity contribution is 6.09. The second-order valence-corrected chi connectivity index (χ2v) is 6.41. The second-order valence-electron chi connectivity index (χ2n) is 6.41. The molecular formula is C19H28N4O2. The van der Waals surface area contributed by atoms with Crippen LogP contribution in [0.25, 0.3) is 0 Å². The van der Waals surface area contributed by atoms with Crippen molar-refractivity contribution in [3.8, 4) is 0 Å². The quantitative estimate of drug-likeness (QED) is 0.316. The van der Waals surface area contributed by atoms with Gasteiger partial charge in [-0.25, -0.2) is 0 Å². The van der Waals surface area contributed by atoms with Crippen LogP contribution in [-0.2, 0) is 4.79 Å². The smallest absolute Gasteiger partial charge is 0.221 e. The van der Waals surface area contributed by atoms with E-state index >= 15 is 0 Å². The van der Waals surface area contributed by atoms with Gasteiger partial charge in [-0.05, 0) is 43.2 Å². The standard InChI is InChI=1S/C19H28N4O2/c1-7-11-19(5,8-2)18(25)15-9-10-17(21-14(4)24)16(12-15)13(3)22-23-20-6/h9-10,12H,7-8,11H2,1-6H3,(H,21,24)/b22-13+,23-20-. The molecule has 1 unspecified atom stereocenters. The fourth-order valence-electron chi connectivity index (χ4n) is 2.80. The number of hydrogen-bond donors (Lipinski definition) is 1. The first-order valence-electron chi connectivity index (χ1n) is 8.59.